The zero-order valence-electron chi connectivity index (χ0n) is 10.9. The number of unbranched alkanes of at least 4 members (excludes halogenated alkanes) is 3. The molecule has 0 aromatic heterocycles. The Bertz CT molecular complexity index is 418. The van der Waals surface area contributed by atoms with Gasteiger partial charge < -0.3 is 10.4 Å². The van der Waals surface area contributed by atoms with Gasteiger partial charge in [0.25, 0.3) is 0 Å². The Hall–Kier alpha value is -1.68. The molecular formula is C15H20FNO2. The maximum absolute atomic E-state index is 12.9. The smallest absolute Gasteiger partial charge is 0.243 e. The highest BCUT2D eigenvalue weighted by molar-refractivity contribution is 5.91. The number of benzene rings is 1. The predicted octanol–water partition coefficient (Wildman–Crippen LogP) is 2.51. The van der Waals surface area contributed by atoms with Gasteiger partial charge in [0.15, 0.2) is 0 Å². The fourth-order valence-electron chi connectivity index (χ4n) is 1.64. The van der Waals surface area contributed by atoms with E-state index in [9.17, 15) is 9.18 Å². The van der Waals surface area contributed by atoms with E-state index in [2.05, 4.69) is 5.32 Å². The van der Waals surface area contributed by atoms with Crippen molar-refractivity contribution in [1.82, 2.24) is 5.32 Å². The van der Waals surface area contributed by atoms with Gasteiger partial charge in [-0.1, -0.05) is 25.0 Å². The lowest BCUT2D eigenvalue weighted by Gasteiger charge is -2.01. The molecule has 19 heavy (non-hydrogen) atoms. The molecule has 0 aliphatic carbocycles. The van der Waals surface area contributed by atoms with Crippen LogP contribution >= 0.6 is 0 Å². The number of carbonyl (C=O) groups excluding carboxylic acids is 1. The van der Waals surface area contributed by atoms with Crippen LogP contribution in [-0.4, -0.2) is 24.2 Å². The molecular weight excluding hydrogens is 245 g/mol. The minimum absolute atomic E-state index is 0.175. The summed E-state index contributed by atoms with van der Waals surface area (Å²) in [6.45, 7) is 0.848. The molecule has 0 aliphatic heterocycles. The molecule has 1 aromatic carbocycles. The minimum atomic E-state index is -0.313. The molecule has 0 unspecified atom stereocenters. The van der Waals surface area contributed by atoms with Gasteiger partial charge in [-0.15, -0.1) is 0 Å². The molecule has 0 radical (unpaired) electrons. The Labute approximate surface area is 113 Å². The molecule has 1 amide bonds. The fraction of sp³-hybridized carbons (Fsp3) is 0.400. The molecule has 2 N–H and O–H groups in total. The molecule has 0 aliphatic rings. The Morgan fingerprint density at radius 2 is 2.05 bits per heavy atom. The summed E-state index contributed by atoms with van der Waals surface area (Å²) in [6.07, 6.45) is 6.68. The number of aliphatic hydroxyl groups excluding tert-OH is 1. The summed E-state index contributed by atoms with van der Waals surface area (Å²) in [7, 11) is 0. The molecule has 3 nitrogen and oxygen atoms in total. The summed E-state index contributed by atoms with van der Waals surface area (Å²) >= 11 is 0. The number of hydrogen-bond acceptors (Lipinski definition) is 2. The van der Waals surface area contributed by atoms with E-state index in [0.717, 1.165) is 25.7 Å². The van der Waals surface area contributed by atoms with E-state index < -0.39 is 0 Å². The quantitative estimate of drug-likeness (QED) is 0.560. The molecule has 104 valence electrons. The van der Waals surface area contributed by atoms with Crippen LogP contribution in [0, 0.1) is 5.82 Å². The third-order valence-corrected chi connectivity index (χ3v) is 2.66. The topological polar surface area (TPSA) is 49.3 Å². The van der Waals surface area contributed by atoms with Crippen molar-refractivity contribution < 1.29 is 14.3 Å². The van der Waals surface area contributed by atoms with Gasteiger partial charge in [-0.2, -0.15) is 0 Å². The van der Waals surface area contributed by atoms with Crippen molar-refractivity contribution in [3.8, 4) is 0 Å². The SMILES string of the molecule is O=C(/C=C/c1cccc(F)c1)NCCCCCCO. The largest absolute Gasteiger partial charge is 0.396 e. The highest BCUT2D eigenvalue weighted by atomic mass is 19.1. The Morgan fingerprint density at radius 1 is 1.26 bits per heavy atom. The van der Waals surface area contributed by atoms with Gasteiger partial charge in [0, 0.05) is 19.2 Å². The number of amides is 1. The number of carbonyl (C=O) groups is 1. The number of halogens is 1. The van der Waals surface area contributed by atoms with Crippen LogP contribution in [0.1, 0.15) is 31.2 Å². The lowest BCUT2D eigenvalue weighted by atomic mass is 10.2. The maximum Gasteiger partial charge on any atom is 0.243 e. The Morgan fingerprint density at radius 3 is 2.79 bits per heavy atom. The third-order valence-electron chi connectivity index (χ3n) is 2.66. The average molecular weight is 265 g/mol. The molecule has 0 spiro atoms. The molecule has 0 bridgehead atoms. The number of rotatable bonds is 8. The van der Waals surface area contributed by atoms with Gasteiger partial charge in [-0.3, -0.25) is 4.79 Å². The van der Waals surface area contributed by atoms with Crippen molar-refractivity contribution in [3.05, 3.63) is 41.7 Å². The summed E-state index contributed by atoms with van der Waals surface area (Å²) in [6, 6.07) is 6.08. The van der Waals surface area contributed by atoms with Gasteiger partial charge in [-0.25, -0.2) is 4.39 Å². The van der Waals surface area contributed by atoms with Gasteiger partial charge in [0.05, 0.1) is 0 Å². The summed E-state index contributed by atoms with van der Waals surface area (Å²) in [5.41, 5.74) is 0.665. The molecule has 0 saturated heterocycles. The third kappa shape index (κ3) is 7.36. The normalized spacial score (nSPS) is 10.8. The number of hydrogen-bond donors (Lipinski definition) is 2. The Kier molecular flexibility index (Phi) is 7.51. The van der Waals surface area contributed by atoms with E-state index in [4.69, 9.17) is 5.11 Å². The Balaban J connectivity index is 2.20. The molecule has 0 fully saturated rings. The zero-order valence-corrected chi connectivity index (χ0v) is 10.9. The van der Waals surface area contributed by atoms with E-state index in [1.54, 1.807) is 18.2 Å². The van der Waals surface area contributed by atoms with Crippen molar-refractivity contribution in [3.63, 3.8) is 0 Å². The van der Waals surface area contributed by atoms with E-state index in [1.165, 1.54) is 18.2 Å². The molecule has 0 atom stereocenters. The van der Waals surface area contributed by atoms with Crippen molar-refractivity contribution in [2.24, 2.45) is 0 Å². The van der Waals surface area contributed by atoms with Gasteiger partial charge in [0.2, 0.25) is 5.91 Å². The van der Waals surface area contributed by atoms with Crippen LogP contribution in [0.5, 0.6) is 0 Å². The second-order valence-electron chi connectivity index (χ2n) is 4.32. The van der Waals surface area contributed by atoms with E-state index in [1.807, 2.05) is 0 Å². The average Bonchev–Trinajstić information content (AvgIpc) is 2.40. The first-order chi connectivity index (χ1) is 9.22. The summed E-state index contributed by atoms with van der Waals surface area (Å²) in [5.74, 6) is -0.488. The number of nitrogens with one attached hydrogen (secondary N) is 1. The molecule has 0 saturated carbocycles. The first-order valence-electron chi connectivity index (χ1n) is 6.54. The molecule has 1 rings (SSSR count). The van der Waals surface area contributed by atoms with Crippen molar-refractivity contribution in [1.29, 1.82) is 0 Å². The monoisotopic (exact) mass is 265 g/mol. The fourth-order valence-corrected chi connectivity index (χ4v) is 1.64. The van der Waals surface area contributed by atoms with Crippen LogP contribution in [-0.2, 0) is 4.79 Å². The van der Waals surface area contributed by atoms with Crippen molar-refractivity contribution >= 4 is 12.0 Å². The second kappa shape index (κ2) is 9.28. The van der Waals surface area contributed by atoms with Crippen LogP contribution < -0.4 is 5.32 Å². The minimum Gasteiger partial charge on any atom is -0.396 e. The standard InChI is InChI=1S/C15H20FNO2/c16-14-7-5-6-13(12-14)8-9-15(19)17-10-3-1-2-4-11-18/h5-9,12,18H,1-4,10-11H2,(H,17,19)/b9-8+. The van der Waals surface area contributed by atoms with Gasteiger partial charge >= 0.3 is 0 Å². The van der Waals surface area contributed by atoms with E-state index >= 15 is 0 Å². The maximum atomic E-state index is 12.9. The highest BCUT2D eigenvalue weighted by Crippen LogP contribution is 2.05. The summed E-state index contributed by atoms with van der Waals surface area (Å²) < 4.78 is 12.9. The molecule has 1 aromatic rings. The lowest BCUT2D eigenvalue weighted by molar-refractivity contribution is -0.116. The van der Waals surface area contributed by atoms with E-state index in [0.29, 0.717) is 12.1 Å². The van der Waals surface area contributed by atoms with E-state index in [-0.39, 0.29) is 18.3 Å². The van der Waals surface area contributed by atoms with Crippen LogP contribution in [0.2, 0.25) is 0 Å². The highest BCUT2D eigenvalue weighted by Gasteiger charge is 1.96. The van der Waals surface area contributed by atoms with Crippen LogP contribution in [0.15, 0.2) is 30.3 Å². The zero-order chi connectivity index (χ0) is 13.9. The molecule has 0 heterocycles. The van der Waals surface area contributed by atoms with Gasteiger partial charge in [0.1, 0.15) is 5.82 Å². The molecule has 4 heteroatoms. The first-order valence-corrected chi connectivity index (χ1v) is 6.54. The van der Waals surface area contributed by atoms with Crippen molar-refractivity contribution in [2.75, 3.05) is 13.2 Å². The van der Waals surface area contributed by atoms with Crippen molar-refractivity contribution in [2.45, 2.75) is 25.7 Å². The summed E-state index contributed by atoms with van der Waals surface area (Å²) in [5, 5.41) is 11.4. The summed E-state index contributed by atoms with van der Waals surface area (Å²) in [4.78, 5) is 11.5. The lowest BCUT2D eigenvalue weighted by Crippen LogP contribution is -2.21. The van der Waals surface area contributed by atoms with Crippen LogP contribution in [0.4, 0.5) is 4.39 Å². The number of aliphatic hydroxyl groups is 1. The van der Waals surface area contributed by atoms with Gasteiger partial charge in [-0.05, 0) is 36.6 Å². The predicted molar refractivity (Wildman–Crippen MR) is 74.0 cm³/mol. The van der Waals surface area contributed by atoms with Crippen LogP contribution in [0.3, 0.4) is 0 Å². The van der Waals surface area contributed by atoms with Crippen LogP contribution in [0.25, 0.3) is 6.08 Å². The second-order valence-corrected chi connectivity index (χ2v) is 4.32. The first kappa shape index (κ1) is 15.4.